The van der Waals surface area contributed by atoms with Crippen LogP contribution in [-0.4, -0.2) is 56.2 Å². The van der Waals surface area contributed by atoms with Crippen LogP contribution in [0.3, 0.4) is 0 Å². The molecule has 0 unspecified atom stereocenters. The number of rotatable bonds is 8. The third-order valence-electron chi connectivity index (χ3n) is 7.57. The Morgan fingerprint density at radius 1 is 1.07 bits per heavy atom. The third-order valence-corrected chi connectivity index (χ3v) is 7.57. The SMILES string of the molecule is NC(=O)c1c(OC2CC3(CC(NC(=O)c4cnn5cc(OCC(F)F)ccc45)C3)C2)nn2cc(C(F)(F)F)ccc12. The summed E-state index contributed by atoms with van der Waals surface area (Å²) in [6.07, 6.45) is -1.26. The van der Waals surface area contributed by atoms with E-state index < -0.39 is 30.7 Å². The normalized spacial score (nSPS) is 22.1. The van der Waals surface area contributed by atoms with E-state index >= 15 is 0 Å². The van der Waals surface area contributed by atoms with Crippen LogP contribution in [0.25, 0.3) is 11.0 Å². The van der Waals surface area contributed by atoms with Gasteiger partial charge in [0, 0.05) is 12.2 Å². The molecule has 4 aromatic heterocycles. The van der Waals surface area contributed by atoms with Crippen molar-refractivity contribution >= 4 is 22.8 Å². The van der Waals surface area contributed by atoms with Gasteiger partial charge in [-0.3, -0.25) is 9.59 Å². The Morgan fingerprint density at radius 2 is 1.80 bits per heavy atom. The van der Waals surface area contributed by atoms with Gasteiger partial charge in [0.25, 0.3) is 18.2 Å². The van der Waals surface area contributed by atoms with E-state index in [0.717, 1.165) is 22.8 Å². The van der Waals surface area contributed by atoms with Crippen LogP contribution >= 0.6 is 0 Å². The molecule has 0 aliphatic heterocycles. The Kier molecular flexibility index (Phi) is 6.26. The molecule has 216 valence electrons. The number of hydrogen-bond acceptors (Lipinski definition) is 6. The van der Waals surface area contributed by atoms with Crippen molar-refractivity contribution in [1.82, 2.24) is 24.5 Å². The highest BCUT2D eigenvalue weighted by molar-refractivity contribution is 6.02. The Hall–Kier alpha value is -4.43. The summed E-state index contributed by atoms with van der Waals surface area (Å²) >= 11 is 0. The molecule has 10 nitrogen and oxygen atoms in total. The van der Waals surface area contributed by atoms with Gasteiger partial charge in [0.1, 0.15) is 24.0 Å². The number of ether oxygens (including phenoxy) is 2. The van der Waals surface area contributed by atoms with Gasteiger partial charge < -0.3 is 20.5 Å². The topological polar surface area (TPSA) is 125 Å². The minimum absolute atomic E-state index is 0.0594. The number of halogens is 5. The van der Waals surface area contributed by atoms with E-state index in [1.165, 1.54) is 23.0 Å². The first-order valence-corrected chi connectivity index (χ1v) is 12.7. The van der Waals surface area contributed by atoms with Gasteiger partial charge in [-0.1, -0.05) is 0 Å². The molecule has 2 aliphatic rings. The first-order valence-electron chi connectivity index (χ1n) is 12.7. The van der Waals surface area contributed by atoms with Gasteiger partial charge in [-0.15, -0.1) is 5.10 Å². The summed E-state index contributed by atoms with van der Waals surface area (Å²) in [4.78, 5) is 24.9. The van der Waals surface area contributed by atoms with Crippen LogP contribution in [0.4, 0.5) is 22.0 Å². The van der Waals surface area contributed by atoms with Gasteiger partial charge in [-0.05, 0) is 55.4 Å². The van der Waals surface area contributed by atoms with Crippen LogP contribution in [-0.2, 0) is 6.18 Å². The molecule has 0 atom stereocenters. The molecule has 4 aromatic rings. The van der Waals surface area contributed by atoms with E-state index in [9.17, 15) is 31.5 Å². The lowest BCUT2D eigenvalue weighted by molar-refractivity contribution is -0.137. The maximum atomic E-state index is 13.1. The minimum Gasteiger partial charge on any atom is -0.486 e. The zero-order chi connectivity index (χ0) is 29.1. The molecule has 0 saturated heterocycles. The maximum Gasteiger partial charge on any atom is 0.417 e. The fraction of sp³-hybridized carbons (Fsp3) is 0.385. The first kappa shape index (κ1) is 26.8. The molecule has 0 radical (unpaired) electrons. The van der Waals surface area contributed by atoms with Crippen LogP contribution in [0.5, 0.6) is 11.6 Å². The number of fused-ring (bicyclic) bond motifs is 2. The lowest BCUT2D eigenvalue weighted by Gasteiger charge is -2.57. The first-order chi connectivity index (χ1) is 19.4. The maximum absolute atomic E-state index is 13.1. The molecule has 2 amide bonds. The highest BCUT2D eigenvalue weighted by Crippen LogP contribution is 2.57. The van der Waals surface area contributed by atoms with Gasteiger partial charge in [0.15, 0.2) is 0 Å². The molecule has 6 rings (SSSR count). The minimum atomic E-state index is -4.58. The number of nitrogens with two attached hydrogens (primary N) is 1. The van der Waals surface area contributed by atoms with Crippen molar-refractivity contribution in [3.05, 3.63) is 59.5 Å². The van der Waals surface area contributed by atoms with E-state index in [-0.39, 0.29) is 46.2 Å². The molecule has 41 heavy (non-hydrogen) atoms. The third kappa shape index (κ3) is 5.00. The van der Waals surface area contributed by atoms with Crippen molar-refractivity contribution in [2.45, 2.75) is 50.4 Å². The van der Waals surface area contributed by atoms with Gasteiger partial charge >= 0.3 is 6.18 Å². The Balaban J connectivity index is 1.05. The summed E-state index contributed by atoms with van der Waals surface area (Å²) < 4.78 is 77.2. The predicted octanol–water partition coefficient (Wildman–Crippen LogP) is 3.86. The van der Waals surface area contributed by atoms with Crippen molar-refractivity contribution in [2.24, 2.45) is 11.1 Å². The van der Waals surface area contributed by atoms with Crippen molar-refractivity contribution in [2.75, 3.05) is 6.61 Å². The largest absolute Gasteiger partial charge is 0.486 e. The number of pyridine rings is 2. The zero-order valence-electron chi connectivity index (χ0n) is 21.2. The summed E-state index contributed by atoms with van der Waals surface area (Å²) in [5.74, 6) is -1.09. The van der Waals surface area contributed by atoms with E-state index in [1.807, 2.05) is 0 Å². The molecule has 15 heteroatoms. The number of alkyl halides is 5. The zero-order valence-corrected chi connectivity index (χ0v) is 21.2. The van der Waals surface area contributed by atoms with E-state index in [4.69, 9.17) is 15.2 Å². The van der Waals surface area contributed by atoms with Gasteiger partial charge in [0.2, 0.25) is 5.88 Å². The predicted molar refractivity (Wildman–Crippen MR) is 132 cm³/mol. The number of primary amides is 1. The second-order valence-electron chi connectivity index (χ2n) is 10.5. The van der Waals surface area contributed by atoms with E-state index in [0.29, 0.717) is 36.8 Å². The van der Waals surface area contributed by atoms with Crippen LogP contribution in [0.1, 0.15) is 52.0 Å². The number of nitrogens with zero attached hydrogens (tertiary/aromatic N) is 4. The number of amides is 2. The highest BCUT2D eigenvalue weighted by atomic mass is 19.4. The quantitative estimate of drug-likeness (QED) is 0.306. The number of hydrogen-bond donors (Lipinski definition) is 2. The average molecular weight is 578 g/mol. The van der Waals surface area contributed by atoms with Crippen LogP contribution < -0.4 is 20.5 Å². The van der Waals surface area contributed by atoms with Crippen molar-refractivity contribution in [3.63, 3.8) is 0 Å². The summed E-state index contributed by atoms with van der Waals surface area (Å²) in [5.41, 5.74) is 5.35. The van der Waals surface area contributed by atoms with Crippen LogP contribution in [0.15, 0.2) is 42.9 Å². The summed E-state index contributed by atoms with van der Waals surface area (Å²) in [6.45, 7) is -0.746. The molecule has 4 heterocycles. The van der Waals surface area contributed by atoms with Crippen molar-refractivity contribution in [3.8, 4) is 11.6 Å². The Labute approximate surface area is 228 Å². The van der Waals surface area contributed by atoms with Crippen molar-refractivity contribution in [1.29, 1.82) is 0 Å². The molecule has 3 N–H and O–H groups in total. The average Bonchev–Trinajstić information content (AvgIpc) is 3.44. The highest BCUT2D eigenvalue weighted by Gasteiger charge is 2.54. The summed E-state index contributed by atoms with van der Waals surface area (Å²) in [5, 5.41) is 11.1. The lowest BCUT2D eigenvalue weighted by atomic mass is 9.53. The van der Waals surface area contributed by atoms with E-state index in [1.54, 1.807) is 6.07 Å². The van der Waals surface area contributed by atoms with Crippen LogP contribution in [0, 0.1) is 5.41 Å². The van der Waals surface area contributed by atoms with Gasteiger partial charge in [-0.2, -0.15) is 18.3 Å². The second kappa shape index (κ2) is 9.59. The van der Waals surface area contributed by atoms with Crippen LogP contribution in [0.2, 0.25) is 0 Å². The Morgan fingerprint density at radius 3 is 2.49 bits per heavy atom. The molecular formula is C26H23F5N6O4. The summed E-state index contributed by atoms with van der Waals surface area (Å²) in [7, 11) is 0. The molecule has 0 bridgehead atoms. The summed E-state index contributed by atoms with van der Waals surface area (Å²) in [6, 6.07) is 4.97. The molecule has 0 aromatic carbocycles. The Bertz CT molecular complexity index is 1650. The molecule has 2 aliphatic carbocycles. The number of carbonyl (C=O) groups excluding carboxylic acids is 2. The molecular weight excluding hydrogens is 555 g/mol. The number of nitrogens with one attached hydrogen (secondary N) is 1. The molecule has 2 fully saturated rings. The molecule has 2 saturated carbocycles. The van der Waals surface area contributed by atoms with Crippen molar-refractivity contribution < 1.29 is 41.0 Å². The molecule has 1 spiro atoms. The lowest BCUT2D eigenvalue weighted by Crippen LogP contribution is -2.58. The number of carbonyl (C=O) groups is 2. The fourth-order valence-corrected chi connectivity index (χ4v) is 5.73. The van der Waals surface area contributed by atoms with E-state index in [2.05, 4.69) is 15.5 Å². The standard InChI is InChI=1S/C26H23F5N6O4/c27-20(28)12-40-15-2-4-18-17(9-33-36(18)11-15)23(39)34-14-5-25(6-14)7-16(8-25)41-24-21(22(32)38)19-3-1-13(26(29,30)31)10-37(19)35-24/h1-4,9-11,14,16,20H,5-8,12H2,(H2,32,38)(H,34,39). The monoisotopic (exact) mass is 578 g/mol. The second-order valence-corrected chi connectivity index (χ2v) is 10.5. The smallest absolute Gasteiger partial charge is 0.417 e. The fourth-order valence-electron chi connectivity index (χ4n) is 5.73. The van der Waals surface area contributed by atoms with Gasteiger partial charge in [-0.25, -0.2) is 17.8 Å². The number of aromatic nitrogens is 4. The van der Waals surface area contributed by atoms with Gasteiger partial charge in [0.05, 0.1) is 34.6 Å².